The number of ether oxygens (including phenoxy) is 4. The number of aliphatic hydroxyl groups is 2. The van der Waals surface area contributed by atoms with Crippen LogP contribution in [0.3, 0.4) is 0 Å². The molecule has 5 heterocycles. The fraction of sp³-hybridized carbons (Fsp3) is 0.309. The van der Waals surface area contributed by atoms with Gasteiger partial charge in [0.05, 0.1) is 36.7 Å². The van der Waals surface area contributed by atoms with Crippen molar-refractivity contribution in [1.29, 1.82) is 0 Å². The number of hydrogen-bond acceptors (Lipinski definition) is 17. The van der Waals surface area contributed by atoms with E-state index in [1.807, 2.05) is 13.8 Å². The first-order valence-corrected chi connectivity index (χ1v) is 25.9. The van der Waals surface area contributed by atoms with E-state index in [0.29, 0.717) is 0 Å². The lowest BCUT2D eigenvalue weighted by Crippen LogP contribution is -2.59. The lowest BCUT2D eigenvalue weighted by Gasteiger charge is -2.31. The molecule has 10 rings (SSSR count). The van der Waals surface area contributed by atoms with Gasteiger partial charge < -0.3 is 87.4 Å². The van der Waals surface area contributed by atoms with Crippen LogP contribution in [0.25, 0.3) is 11.1 Å². The molecule has 27 heteroatoms. The van der Waals surface area contributed by atoms with E-state index in [0.717, 1.165) is 24.3 Å². The second kappa shape index (κ2) is 24.5. The number of aliphatic carboxylic acids is 1. The van der Waals surface area contributed by atoms with Crippen LogP contribution in [0.2, 0.25) is 10.0 Å². The van der Waals surface area contributed by atoms with Crippen molar-refractivity contribution in [3.8, 4) is 57.1 Å². The Bertz CT molecular complexity index is 3420. The van der Waals surface area contributed by atoms with Gasteiger partial charge in [-0.25, -0.2) is 4.79 Å². The van der Waals surface area contributed by atoms with Gasteiger partial charge >= 0.3 is 5.97 Å². The summed E-state index contributed by atoms with van der Waals surface area (Å²) in [6.07, 6.45) is -4.68. The summed E-state index contributed by atoms with van der Waals surface area (Å²) in [4.78, 5) is 114. The molecule has 82 heavy (non-hydrogen) atoms. The Morgan fingerprint density at radius 1 is 0.683 bits per heavy atom. The number of halogens is 2. The van der Waals surface area contributed by atoms with E-state index in [1.165, 1.54) is 75.9 Å². The molecule has 432 valence electrons. The maximum absolute atomic E-state index is 15.5. The number of carbonyl (C=O) groups is 8. The SMILES string of the molecule is CN[C@H](CC(C)C)C(=O)N[C@H]1C(=O)N[C@@H](CC(N)=O)C(=O)N[C@H]2C(=O)N[C@H]3C(=O)N[C@H](C(=O)N[C@H](C(=O)O)c4cc(OC)cc(OC)c4-c4cc3ccc4O)[C@H](O)c3ccc(c(Cl)c3)Oc3cc2cc(c3O)Oc2ccc(cc2Cl)[C@H]1O. The van der Waals surface area contributed by atoms with Gasteiger partial charge in [-0.1, -0.05) is 55.2 Å². The van der Waals surface area contributed by atoms with Crippen molar-refractivity contribution in [1.82, 2.24) is 37.2 Å². The number of primary amides is 1. The van der Waals surface area contributed by atoms with Crippen molar-refractivity contribution < 1.29 is 82.8 Å². The maximum Gasteiger partial charge on any atom is 0.330 e. The number of carbonyl (C=O) groups excluding carboxylic acids is 7. The molecule has 5 aromatic carbocycles. The van der Waals surface area contributed by atoms with Crippen LogP contribution in [0.1, 0.15) is 84.8 Å². The van der Waals surface area contributed by atoms with Crippen LogP contribution < -0.4 is 61.9 Å². The van der Waals surface area contributed by atoms with Crippen LogP contribution in [0, 0.1) is 5.92 Å². The zero-order chi connectivity index (χ0) is 59.6. The number of nitrogens with one attached hydrogen (secondary N) is 7. The average Bonchev–Trinajstić information content (AvgIpc) is 3.50. The summed E-state index contributed by atoms with van der Waals surface area (Å²) in [5, 5.41) is 75.3. The second-order valence-corrected chi connectivity index (χ2v) is 20.6. The summed E-state index contributed by atoms with van der Waals surface area (Å²) >= 11 is 13.6. The maximum atomic E-state index is 15.5. The molecule has 5 aliphatic rings. The minimum atomic E-state index is -2.13. The number of nitrogens with two attached hydrogens (primary N) is 1. The van der Waals surface area contributed by atoms with Crippen molar-refractivity contribution in [2.45, 2.75) is 81.2 Å². The van der Waals surface area contributed by atoms with E-state index in [-0.39, 0.29) is 84.3 Å². The molecule has 9 atom stereocenters. The van der Waals surface area contributed by atoms with E-state index in [2.05, 4.69) is 37.2 Å². The Morgan fingerprint density at radius 3 is 1.83 bits per heavy atom. The molecule has 5 aromatic rings. The number of phenols is 2. The smallest absolute Gasteiger partial charge is 0.330 e. The third-order valence-corrected chi connectivity index (χ3v) is 14.4. The molecule has 0 aliphatic carbocycles. The zero-order valence-corrected chi connectivity index (χ0v) is 45.7. The Hall–Kier alpha value is -8.88. The van der Waals surface area contributed by atoms with Gasteiger partial charge in [-0.3, -0.25) is 33.6 Å². The van der Waals surface area contributed by atoms with Gasteiger partial charge in [0.25, 0.3) is 0 Å². The minimum absolute atomic E-state index is 0.0271. The number of amides is 7. The third kappa shape index (κ3) is 12.4. The van der Waals surface area contributed by atoms with Gasteiger partial charge in [-0.2, -0.15) is 0 Å². The molecule has 0 saturated carbocycles. The minimum Gasteiger partial charge on any atom is -0.507 e. The molecule has 7 amide bonds. The summed E-state index contributed by atoms with van der Waals surface area (Å²) in [6.45, 7) is 3.70. The first-order valence-electron chi connectivity index (χ1n) is 25.2. The molecular formula is C55H56Cl2N8O17. The highest BCUT2D eigenvalue weighted by atomic mass is 35.5. The number of likely N-dealkylation sites (N-methyl/N-ethyl adjacent to an activating group) is 1. The predicted molar refractivity (Wildman–Crippen MR) is 290 cm³/mol. The van der Waals surface area contributed by atoms with Crippen LogP contribution in [0.5, 0.6) is 46.0 Å². The average molecular weight is 1170 g/mol. The quantitative estimate of drug-likeness (QED) is 0.0956. The van der Waals surface area contributed by atoms with Crippen LogP contribution in [0.4, 0.5) is 0 Å². The number of fused-ring (bicyclic) bond motifs is 15. The van der Waals surface area contributed by atoms with E-state index in [9.17, 15) is 54.3 Å². The lowest BCUT2D eigenvalue weighted by molar-refractivity contribution is -0.143. The second-order valence-electron chi connectivity index (χ2n) is 19.7. The van der Waals surface area contributed by atoms with Gasteiger partial charge in [0.1, 0.15) is 71.2 Å². The number of carboxylic acid groups (broad SMARTS) is 1. The molecule has 0 saturated heterocycles. The van der Waals surface area contributed by atoms with Gasteiger partial charge in [0.2, 0.25) is 47.1 Å². The number of aromatic hydroxyl groups is 2. The molecule has 11 bridgehead atoms. The zero-order valence-electron chi connectivity index (χ0n) is 44.2. The predicted octanol–water partition coefficient (Wildman–Crippen LogP) is 3.00. The highest BCUT2D eigenvalue weighted by Crippen LogP contribution is 2.48. The molecule has 0 fully saturated rings. The first-order chi connectivity index (χ1) is 38.9. The molecule has 5 aliphatic heterocycles. The number of carboxylic acids is 1. The van der Waals surface area contributed by atoms with Crippen molar-refractivity contribution in [3.05, 3.63) is 117 Å². The summed E-state index contributed by atoms with van der Waals surface area (Å²) in [5.41, 5.74) is 4.36. The van der Waals surface area contributed by atoms with Gasteiger partial charge in [0, 0.05) is 22.8 Å². The molecule has 0 aromatic heterocycles. The van der Waals surface area contributed by atoms with Gasteiger partial charge in [-0.15, -0.1) is 0 Å². The third-order valence-electron chi connectivity index (χ3n) is 13.8. The molecule has 0 unspecified atom stereocenters. The number of methoxy groups -OCH3 is 2. The van der Waals surface area contributed by atoms with Crippen molar-refractivity contribution >= 4 is 70.5 Å². The fourth-order valence-corrected chi connectivity index (χ4v) is 10.0. The van der Waals surface area contributed by atoms with Crippen molar-refractivity contribution in [2.24, 2.45) is 11.7 Å². The summed E-state index contributed by atoms with van der Waals surface area (Å²) in [5.74, 6) is -12.8. The highest BCUT2D eigenvalue weighted by Gasteiger charge is 2.42. The topological polar surface area (TPSA) is 385 Å². The van der Waals surface area contributed by atoms with E-state index >= 15 is 9.59 Å². The van der Waals surface area contributed by atoms with Gasteiger partial charge in [0.15, 0.2) is 17.5 Å². The summed E-state index contributed by atoms with van der Waals surface area (Å²) in [6, 6.07) is 2.44. The monoisotopic (exact) mass is 1170 g/mol. The van der Waals surface area contributed by atoms with Crippen LogP contribution in [-0.2, 0) is 38.4 Å². The molecular weight excluding hydrogens is 1120 g/mol. The van der Waals surface area contributed by atoms with E-state index in [1.54, 1.807) is 0 Å². The van der Waals surface area contributed by atoms with E-state index < -0.39 is 131 Å². The van der Waals surface area contributed by atoms with Crippen LogP contribution in [-0.4, -0.2) is 118 Å². The number of phenolic OH excluding ortho intramolecular Hbond substituents is 2. The van der Waals surface area contributed by atoms with Crippen LogP contribution >= 0.6 is 23.2 Å². The lowest BCUT2D eigenvalue weighted by atomic mass is 9.89. The van der Waals surface area contributed by atoms with Gasteiger partial charge in [-0.05, 0) is 96.2 Å². The molecule has 0 radical (unpaired) electrons. The number of rotatable bonds is 10. The van der Waals surface area contributed by atoms with Crippen molar-refractivity contribution in [2.75, 3.05) is 21.3 Å². The Kier molecular flexibility index (Phi) is 17.7. The molecule has 0 spiro atoms. The number of benzene rings is 5. The van der Waals surface area contributed by atoms with Crippen LogP contribution in [0.15, 0.2) is 78.9 Å². The number of aliphatic hydroxyl groups excluding tert-OH is 2. The standard InChI is InChI=1S/C55H56Cl2N8O17/c1-21(2)12-31(59-3)49(71)64-44-46(68)23-7-10-34(29(56)14-23)81-37-16-25-17-38(48(37)70)82-35-11-8-24(15-30(35)57)47(69)45-54(76)63-43(55(77)78)28-18-26(79-4)19-36(80-5)40(28)27-13-22(6-9-33(27)66)41(51(73)65-45)62-52(74)42(25)61-50(72)32(20-39(58)67)60-53(44)75/h6-11,13-19,21,31-32,41-47,59,66,68-70H,12,20H2,1-5H3,(H2,58,67)(H,60,75)(H,61,72)(H,62,74)(H,63,76)(H,64,71)(H,65,73)(H,77,78)/t31-,32+,41-,42-,43+,44-,45+,46-,47-/m1/s1. The molecule has 14 N–H and O–H groups in total. The first kappa shape index (κ1) is 59.2. The molecule has 25 nitrogen and oxygen atoms in total. The largest absolute Gasteiger partial charge is 0.507 e. The summed E-state index contributed by atoms with van der Waals surface area (Å²) in [7, 11) is 4.01. The number of hydrogen-bond donors (Lipinski definition) is 13. The Labute approximate surface area is 476 Å². The fourth-order valence-electron chi connectivity index (χ4n) is 9.59. The normalized spacial score (nSPS) is 22.1. The Morgan fingerprint density at radius 2 is 1.27 bits per heavy atom. The Balaban J connectivity index is 1.37. The van der Waals surface area contributed by atoms with E-state index in [4.69, 9.17) is 47.9 Å². The highest BCUT2D eigenvalue weighted by molar-refractivity contribution is 6.32. The summed E-state index contributed by atoms with van der Waals surface area (Å²) < 4.78 is 23.4. The van der Waals surface area contributed by atoms with Crippen molar-refractivity contribution in [3.63, 3.8) is 0 Å².